The largest absolute Gasteiger partial charge is 0.344 e. The van der Waals surface area contributed by atoms with Gasteiger partial charge in [0.15, 0.2) is 0 Å². The van der Waals surface area contributed by atoms with E-state index in [0.29, 0.717) is 0 Å². The van der Waals surface area contributed by atoms with Crippen LogP contribution in [0.4, 0.5) is 0 Å². The van der Waals surface area contributed by atoms with Crippen molar-refractivity contribution in [3.8, 4) is 22.3 Å². The zero-order valence-corrected chi connectivity index (χ0v) is 19.0. The molecule has 0 saturated carbocycles. The molecule has 0 aliphatic rings. The number of fused-ring (bicyclic) bond motifs is 5. The zero-order valence-electron chi connectivity index (χ0n) is 19.0. The Morgan fingerprint density at radius 3 is 1.65 bits per heavy atom. The molecule has 1 heterocycles. The first-order valence-electron chi connectivity index (χ1n) is 11.8. The van der Waals surface area contributed by atoms with Crippen LogP contribution in [0, 0.1) is 0 Å². The number of hydrogen-bond acceptors (Lipinski definition) is 0. The smallest absolute Gasteiger partial charge is 0.0489 e. The Balaban J connectivity index is 1.39. The van der Waals surface area contributed by atoms with E-state index in [1.54, 1.807) is 0 Å². The van der Waals surface area contributed by atoms with Crippen molar-refractivity contribution in [2.24, 2.45) is 7.05 Å². The molecule has 0 saturated heterocycles. The van der Waals surface area contributed by atoms with Gasteiger partial charge in [-0.15, -0.1) is 0 Å². The molecule has 7 aromatic rings. The Morgan fingerprint density at radius 1 is 0.412 bits per heavy atom. The predicted octanol–water partition coefficient (Wildman–Crippen LogP) is 8.97. The molecule has 1 heteroatoms. The van der Waals surface area contributed by atoms with Crippen molar-refractivity contribution in [1.29, 1.82) is 0 Å². The van der Waals surface area contributed by atoms with Crippen molar-refractivity contribution in [3.63, 3.8) is 0 Å². The molecule has 1 nitrogen and oxygen atoms in total. The summed E-state index contributed by atoms with van der Waals surface area (Å²) < 4.78 is 2.28. The van der Waals surface area contributed by atoms with Gasteiger partial charge in [-0.3, -0.25) is 0 Å². The van der Waals surface area contributed by atoms with Gasteiger partial charge in [0, 0.05) is 28.9 Å². The summed E-state index contributed by atoms with van der Waals surface area (Å²) in [4.78, 5) is 0. The second kappa shape index (κ2) is 7.33. The molecule has 0 spiro atoms. The second-order valence-electron chi connectivity index (χ2n) is 9.08. The van der Waals surface area contributed by atoms with E-state index in [0.717, 1.165) is 0 Å². The van der Waals surface area contributed by atoms with Crippen molar-refractivity contribution in [3.05, 3.63) is 121 Å². The first-order chi connectivity index (χ1) is 16.8. The van der Waals surface area contributed by atoms with Gasteiger partial charge in [0.05, 0.1) is 0 Å². The first-order valence-corrected chi connectivity index (χ1v) is 11.8. The molecule has 160 valence electrons. The predicted molar refractivity (Wildman–Crippen MR) is 146 cm³/mol. The van der Waals surface area contributed by atoms with Crippen molar-refractivity contribution in [2.45, 2.75) is 0 Å². The maximum atomic E-state index is 2.33. The number of hydrogen-bond donors (Lipinski definition) is 0. The monoisotopic (exact) mass is 433 g/mol. The molecule has 0 unspecified atom stereocenters. The van der Waals surface area contributed by atoms with E-state index < -0.39 is 0 Å². The SMILES string of the molecule is Cn1c2ccccc2c2cc(-c3ccc(-c4c5ccccc5cc5ccccc45)cc3)ccc21. The van der Waals surface area contributed by atoms with Crippen LogP contribution >= 0.6 is 0 Å². The van der Waals surface area contributed by atoms with Gasteiger partial charge in [-0.1, -0.05) is 97.1 Å². The van der Waals surface area contributed by atoms with Gasteiger partial charge in [-0.2, -0.15) is 0 Å². The Labute approximate surface area is 198 Å². The van der Waals surface area contributed by atoms with Crippen molar-refractivity contribution >= 4 is 43.4 Å². The fourth-order valence-electron chi connectivity index (χ4n) is 5.50. The normalized spacial score (nSPS) is 11.7. The second-order valence-corrected chi connectivity index (χ2v) is 9.08. The lowest BCUT2D eigenvalue weighted by atomic mass is 9.91. The fraction of sp³-hybridized carbons (Fsp3) is 0.0303. The third-order valence-corrected chi connectivity index (χ3v) is 7.19. The average Bonchev–Trinajstić information content (AvgIpc) is 3.19. The van der Waals surface area contributed by atoms with Crippen molar-refractivity contribution in [1.82, 2.24) is 4.57 Å². The zero-order chi connectivity index (χ0) is 22.6. The minimum atomic E-state index is 1.24. The van der Waals surface area contributed by atoms with Crippen LogP contribution in [-0.4, -0.2) is 4.57 Å². The van der Waals surface area contributed by atoms with Gasteiger partial charge in [0.1, 0.15) is 0 Å². The number of aryl methyl sites for hydroxylation is 1. The Bertz CT molecular complexity index is 1800. The van der Waals surface area contributed by atoms with E-state index in [2.05, 4.69) is 133 Å². The number of nitrogens with zero attached hydrogens (tertiary/aromatic N) is 1. The molecule has 0 fully saturated rings. The highest BCUT2D eigenvalue weighted by molar-refractivity contribution is 6.13. The third-order valence-electron chi connectivity index (χ3n) is 7.19. The lowest BCUT2D eigenvalue weighted by Crippen LogP contribution is -1.87. The van der Waals surface area contributed by atoms with Crippen LogP contribution in [0.25, 0.3) is 65.6 Å². The highest BCUT2D eigenvalue weighted by Crippen LogP contribution is 2.38. The van der Waals surface area contributed by atoms with Gasteiger partial charge in [0.25, 0.3) is 0 Å². The molecule has 0 bridgehead atoms. The summed E-state index contributed by atoms with van der Waals surface area (Å²) in [5.41, 5.74) is 7.59. The van der Waals surface area contributed by atoms with Crippen LogP contribution in [-0.2, 0) is 7.05 Å². The maximum absolute atomic E-state index is 2.33. The van der Waals surface area contributed by atoms with Gasteiger partial charge in [-0.25, -0.2) is 0 Å². The van der Waals surface area contributed by atoms with E-state index >= 15 is 0 Å². The first kappa shape index (κ1) is 19.1. The molecule has 0 aliphatic carbocycles. The van der Waals surface area contributed by atoms with Crippen LogP contribution in [0.2, 0.25) is 0 Å². The molecule has 0 atom stereocenters. The topological polar surface area (TPSA) is 4.93 Å². The number of para-hydroxylation sites is 1. The van der Waals surface area contributed by atoms with Crippen LogP contribution < -0.4 is 0 Å². The summed E-state index contributed by atoms with van der Waals surface area (Å²) >= 11 is 0. The van der Waals surface area contributed by atoms with Crippen LogP contribution in [0.15, 0.2) is 121 Å². The fourth-order valence-corrected chi connectivity index (χ4v) is 5.50. The maximum Gasteiger partial charge on any atom is 0.0489 e. The highest BCUT2D eigenvalue weighted by atomic mass is 14.9. The molecule has 34 heavy (non-hydrogen) atoms. The standard InChI is InChI=1S/C33H23N/c1-34-31-13-7-6-12-29(31)30-21-24(18-19-32(30)34)22-14-16-23(17-15-22)33-27-10-4-2-8-25(27)20-26-9-3-5-11-28(26)33/h2-21H,1H3. The lowest BCUT2D eigenvalue weighted by molar-refractivity contribution is 1.01. The molecule has 1 aromatic heterocycles. The summed E-state index contributed by atoms with van der Waals surface area (Å²) in [6.07, 6.45) is 0. The number of rotatable bonds is 2. The van der Waals surface area contributed by atoms with Gasteiger partial charge < -0.3 is 4.57 Å². The van der Waals surface area contributed by atoms with E-state index in [1.807, 2.05) is 0 Å². The Kier molecular flexibility index (Phi) is 4.13. The molecule has 6 aromatic carbocycles. The summed E-state index contributed by atoms with van der Waals surface area (Å²) in [6, 6.07) is 44.2. The summed E-state index contributed by atoms with van der Waals surface area (Å²) in [6.45, 7) is 0. The molecular weight excluding hydrogens is 410 g/mol. The quantitative estimate of drug-likeness (QED) is 0.240. The van der Waals surface area contributed by atoms with Gasteiger partial charge >= 0.3 is 0 Å². The molecule has 0 radical (unpaired) electrons. The molecule has 0 N–H and O–H groups in total. The molecule has 7 rings (SSSR count). The van der Waals surface area contributed by atoms with E-state index in [-0.39, 0.29) is 0 Å². The van der Waals surface area contributed by atoms with Crippen LogP contribution in [0.5, 0.6) is 0 Å². The average molecular weight is 434 g/mol. The van der Waals surface area contributed by atoms with Crippen LogP contribution in [0.3, 0.4) is 0 Å². The minimum Gasteiger partial charge on any atom is -0.344 e. The molecule has 0 aliphatic heterocycles. The Hall–Kier alpha value is -4.36. The summed E-state index contributed by atoms with van der Waals surface area (Å²) in [7, 11) is 2.15. The van der Waals surface area contributed by atoms with E-state index in [4.69, 9.17) is 0 Å². The van der Waals surface area contributed by atoms with Crippen LogP contribution in [0.1, 0.15) is 0 Å². The highest BCUT2D eigenvalue weighted by Gasteiger charge is 2.12. The third kappa shape index (κ3) is 2.80. The minimum absolute atomic E-state index is 1.24. The summed E-state index contributed by atoms with van der Waals surface area (Å²) in [5.74, 6) is 0. The lowest BCUT2D eigenvalue weighted by Gasteiger charge is -2.13. The van der Waals surface area contributed by atoms with Crippen molar-refractivity contribution in [2.75, 3.05) is 0 Å². The van der Waals surface area contributed by atoms with Gasteiger partial charge in [0.2, 0.25) is 0 Å². The molecular formula is C33H23N. The molecule has 0 amide bonds. The number of aromatic nitrogens is 1. The van der Waals surface area contributed by atoms with E-state index in [9.17, 15) is 0 Å². The van der Waals surface area contributed by atoms with Gasteiger partial charge in [-0.05, 0) is 68.1 Å². The van der Waals surface area contributed by atoms with Crippen molar-refractivity contribution < 1.29 is 0 Å². The summed E-state index contributed by atoms with van der Waals surface area (Å²) in [5, 5.41) is 7.76. The van der Waals surface area contributed by atoms with E-state index in [1.165, 1.54) is 65.6 Å². The Morgan fingerprint density at radius 2 is 0.941 bits per heavy atom. The number of benzene rings is 6.